The largest absolute Gasteiger partial charge is 0.481 e. The van der Waals surface area contributed by atoms with E-state index in [0.29, 0.717) is 5.88 Å². The van der Waals surface area contributed by atoms with Crippen LogP contribution in [0.4, 0.5) is 0 Å². The van der Waals surface area contributed by atoms with E-state index in [1.54, 1.807) is 13.3 Å². The Hall–Kier alpha value is -1.83. The number of benzene rings is 1. The van der Waals surface area contributed by atoms with Crippen LogP contribution in [0.15, 0.2) is 42.6 Å². The number of hydrogen-bond donors (Lipinski definition) is 0. The number of nitrogens with zero attached hydrogens (tertiary/aromatic N) is 1. The summed E-state index contributed by atoms with van der Waals surface area (Å²) >= 11 is 0. The summed E-state index contributed by atoms with van der Waals surface area (Å²) in [6.45, 7) is 2.17. The van der Waals surface area contributed by atoms with E-state index in [1.807, 2.05) is 6.07 Å². The van der Waals surface area contributed by atoms with E-state index in [0.717, 1.165) is 18.4 Å². The van der Waals surface area contributed by atoms with E-state index in [9.17, 15) is 0 Å². The summed E-state index contributed by atoms with van der Waals surface area (Å²) < 4.78 is 5.25. The Morgan fingerprint density at radius 1 is 1.06 bits per heavy atom. The van der Waals surface area contributed by atoms with Crippen LogP contribution in [-0.2, 0) is 12.8 Å². The topological polar surface area (TPSA) is 22.1 Å². The highest BCUT2D eigenvalue weighted by molar-refractivity contribution is 5.33. The van der Waals surface area contributed by atoms with Crippen molar-refractivity contribution in [2.24, 2.45) is 0 Å². The third-order valence-electron chi connectivity index (χ3n) is 2.87. The highest BCUT2D eigenvalue weighted by Crippen LogP contribution is 2.18. The van der Waals surface area contributed by atoms with Crippen molar-refractivity contribution in [3.8, 4) is 5.88 Å². The van der Waals surface area contributed by atoms with Gasteiger partial charge in [-0.25, -0.2) is 4.98 Å². The molecule has 1 aromatic carbocycles. The Morgan fingerprint density at radius 3 is 2.41 bits per heavy atom. The Balaban J connectivity index is 2.19. The molecule has 0 saturated heterocycles. The van der Waals surface area contributed by atoms with Gasteiger partial charge in [0.25, 0.3) is 0 Å². The fraction of sp³-hybridized carbons (Fsp3) is 0.267. The van der Waals surface area contributed by atoms with Crippen molar-refractivity contribution >= 4 is 0 Å². The molecule has 0 aliphatic heterocycles. The van der Waals surface area contributed by atoms with Crippen LogP contribution in [0, 0.1) is 0 Å². The second-order valence-electron chi connectivity index (χ2n) is 4.02. The number of aromatic nitrogens is 1. The zero-order valence-corrected chi connectivity index (χ0v) is 10.3. The molecule has 0 fully saturated rings. The van der Waals surface area contributed by atoms with Gasteiger partial charge < -0.3 is 4.74 Å². The lowest BCUT2D eigenvalue weighted by atomic mass is 10.0. The minimum atomic E-state index is 0.715. The van der Waals surface area contributed by atoms with Crippen LogP contribution in [0.1, 0.15) is 23.6 Å². The molecule has 2 nitrogen and oxygen atoms in total. The molecule has 0 aliphatic carbocycles. The number of ether oxygens (including phenoxy) is 1. The van der Waals surface area contributed by atoms with Crippen LogP contribution in [0.25, 0.3) is 0 Å². The van der Waals surface area contributed by atoms with Crippen molar-refractivity contribution in [2.75, 3.05) is 7.11 Å². The molecule has 1 aromatic heterocycles. The van der Waals surface area contributed by atoms with E-state index in [1.165, 1.54) is 11.1 Å². The van der Waals surface area contributed by atoms with Gasteiger partial charge in [0.2, 0.25) is 5.88 Å². The first kappa shape index (κ1) is 11.6. The molecular weight excluding hydrogens is 210 g/mol. The van der Waals surface area contributed by atoms with E-state index < -0.39 is 0 Å². The molecule has 0 radical (unpaired) electrons. The van der Waals surface area contributed by atoms with Gasteiger partial charge in [0.05, 0.1) is 7.11 Å². The number of methoxy groups -OCH3 is 1. The van der Waals surface area contributed by atoms with Crippen LogP contribution < -0.4 is 4.74 Å². The molecule has 2 aromatic rings. The Bertz CT molecular complexity index is 477. The molecular formula is C15H17NO. The summed E-state index contributed by atoms with van der Waals surface area (Å²) in [4.78, 5) is 4.20. The van der Waals surface area contributed by atoms with Crippen LogP contribution >= 0.6 is 0 Å². The highest BCUT2D eigenvalue weighted by atomic mass is 16.5. The number of pyridine rings is 1. The molecule has 0 spiro atoms. The quantitative estimate of drug-likeness (QED) is 0.800. The van der Waals surface area contributed by atoms with Gasteiger partial charge in [-0.15, -0.1) is 0 Å². The van der Waals surface area contributed by atoms with Gasteiger partial charge >= 0.3 is 0 Å². The van der Waals surface area contributed by atoms with Crippen molar-refractivity contribution in [2.45, 2.75) is 19.8 Å². The molecule has 0 saturated carbocycles. The van der Waals surface area contributed by atoms with Gasteiger partial charge in [-0.2, -0.15) is 0 Å². The fourth-order valence-corrected chi connectivity index (χ4v) is 1.86. The molecule has 0 aliphatic rings. The number of rotatable bonds is 4. The average Bonchev–Trinajstić information content (AvgIpc) is 2.40. The third-order valence-corrected chi connectivity index (χ3v) is 2.87. The lowest BCUT2D eigenvalue weighted by Crippen LogP contribution is -1.96. The smallest absolute Gasteiger partial charge is 0.216 e. The predicted octanol–water partition coefficient (Wildman–Crippen LogP) is 3.24. The second kappa shape index (κ2) is 5.48. The molecule has 2 rings (SSSR count). The molecule has 0 amide bonds. The van der Waals surface area contributed by atoms with Crippen LogP contribution in [0.3, 0.4) is 0 Å². The second-order valence-corrected chi connectivity index (χ2v) is 4.02. The molecule has 0 N–H and O–H groups in total. The Labute approximate surface area is 102 Å². The van der Waals surface area contributed by atoms with E-state index >= 15 is 0 Å². The monoisotopic (exact) mass is 227 g/mol. The highest BCUT2D eigenvalue weighted by Gasteiger charge is 2.04. The standard InChI is InChI=1S/C15H17NO/c1-3-12-6-8-13(9-7-12)11-14-5-4-10-16-15(14)17-2/h4-10H,3,11H2,1-2H3. The maximum Gasteiger partial charge on any atom is 0.216 e. The lowest BCUT2D eigenvalue weighted by molar-refractivity contribution is 0.393. The summed E-state index contributed by atoms with van der Waals surface area (Å²) in [7, 11) is 1.66. The van der Waals surface area contributed by atoms with Gasteiger partial charge in [0.15, 0.2) is 0 Å². The van der Waals surface area contributed by atoms with Crippen molar-refractivity contribution in [3.63, 3.8) is 0 Å². The first-order chi connectivity index (χ1) is 8.33. The molecule has 17 heavy (non-hydrogen) atoms. The zero-order valence-electron chi connectivity index (χ0n) is 10.3. The minimum absolute atomic E-state index is 0.715. The van der Waals surface area contributed by atoms with Gasteiger partial charge in [-0.05, 0) is 23.6 Å². The SMILES string of the molecule is CCc1ccc(Cc2cccnc2OC)cc1. The molecule has 0 atom stereocenters. The van der Waals surface area contributed by atoms with Gasteiger partial charge in [0.1, 0.15) is 0 Å². The van der Waals surface area contributed by atoms with Crippen molar-refractivity contribution in [1.29, 1.82) is 0 Å². The molecule has 0 unspecified atom stereocenters. The predicted molar refractivity (Wildman–Crippen MR) is 69.4 cm³/mol. The summed E-state index contributed by atoms with van der Waals surface area (Å²) in [5.74, 6) is 0.715. The fourth-order valence-electron chi connectivity index (χ4n) is 1.86. The molecule has 1 heterocycles. The van der Waals surface area contributed by atoms with Crippen molar-refractivity contribution < 1.29 is 4.74 Å². The number of hydrogen-bond acceptors (Lipinski definition) is 2. The summed E-state index contributed by atoms with van der Waals surface area (Å²) in [5.41, 5.74) is 3.78. The lowest BCUT2D eigenvalue weighted by Gasteiger charge is -2.07. The molecule has 0 bridgehead atoms. The van der Waals surface area contributed by atoms with Gasteiger partial charge in [0, 0.05) is 18.2 Å². The first-order valence-corrected chi connectivity index (χ1v) is 5.89. The van der Waals surface area contributed by atoms with Gasteiger partial charge in [-0.1, -0.05) is 37.3 Å². The normalized spacial score (nSPS) is 10.2. The number of aryl methyl sites for hydroxylation is 1. The Kier molecular flexibility index (Phi) is 3.76. The van der Waals surface area contributed by atoms with Crippen LogP contribution in [0.2, 0.25) is 0 Å². The summed E-state index contributed by atoms with van der Waals surface area (Å²) in [6, 6.07) is 12.7. The summed E-state index contributed by atoms with van der Waals surface area (Å²) in [5, 5.41) is 0. The minimum Gasteiger partial charge on any atom is -0.481 e. The Morgan fingerprint density at radius 2 is 1.76 bits per heavy atom. The van der Waals surface area contributed by atoms with Crippen LogP contribution in [0.5, 0.6) is 5.88 Å². The maximum atomic E-state index is 5.25. The van der Waals surface area contributed by atoms with E-state index in [-0.39, 0.29) is 0 Å². The van der Waals surface area contributed by atoms with Crippen molar-refractivity contribution in [1.82, 2.24) is 4.98 Å². The first-order valence-electron chi connectivity index (χ1n) is 5.89. The summed E-state index contributed by atoms with van der Waals surface area (Å²) in [6.07, 6.45) is 3.69. The molecule has 2 heteroatoms. The average molecular weight is 227 g/mol. The van der Waals surface area contributed by atoms with E-state index in [2.05, 4.69) is 42.2 Å². The van der Waals surface area contributed by atoms with E-state index in [4.69, 9.17) is 4.74 Å². The van der Waals surface area contributed by atoms with Crippen LogP contribution in [-0.4, -0.2) is 12.1 Å². The van der Waals surface area contributed by atoms with Gasteiger partial charge in [-0.3, -0.25) is 0 Å². The molecule has 88 valence electrons. The third kappa shape index (κ3) is 2.84. The maximum absolute atomic E-state index is 5.25. The zero-order chi connectivity index (χ0) is 12.1. The van der Waals surface area contributed by atoms with Crippen molar-refractivity contribution in [3.05, 3.63) is 59.3 Å².